The Hall–Kier alpha value is -1.01. The Morgan fingerprint density at radius 1 is 1.83 bits per heavy atom. The van der Waals surface area contributed by atoms with Gasteiger partial charge in [0.05, 0.1) is 0 Å². The van der Waals surface area contributed by atoms with Gasteiger partial charge in [0.15, 0.2) is 0 Å². The van der Waals surface area contributed by atoms with Crippen LogP contribution in [0, 0.1) is 12.3 Å². The number of carbonyl (C=O) groups excluding carboxylic acids is 1. The summed E-state index contributed by atoms with van der Waals surface area (Å²) in [5.74, 6) is 1.70. The molecule has 0 aliphatic carbocycles. The third-order valence-corrected chi connectivity index (χ3v) is 2.23. The minimum atomic E-state index is -0.329. The van der Waals surface area contributed by atoms with Crippen molar-refractivity contribution in [2.45, 2.75) is 25.3 Å². The van der Waals surface area contributed by atoms with Crippen molar-refractivity contribution >= 4 is 5.91 Å². The van der Waals surface area contributed by atoms with Crippen LogP contribution < -0.4 is 10.6 Å². The zero-order valence-corrected chi connectivity index (χ0v) is 7.31. The average molecular weight is 166 g/mol. The second kappa shape index (κ2) is 3.59. The van der Waals surface area contributed by atoms with E-state index in [9.17, 15) is 4.79 Å². The van der Waals surface area contributed by atoms with Gasteiger partial charge in [-0.25, -0.2) is 0 Å². The second-order valence-corrected chi connectivity index (χ2v) is 3.42. The van der Waals surface area contributed by atoms with Crippen LogP contribution >= 0.6 is 0 Å². The van der Waals surface area contributed by atoms with E-state index < -0.39 is 0 Å². The van der Waals surface area contributed by atoms with Gasteiger partial charge < -0.3 is 10.6 Å². The molecule has 12 heavy (non-hydrogen) atoms. The Morgan fingerprint density at radius 2 is 2.58 bits per heavy atom. The van der Waals surface area contributed by atoms with E-state index in [0.717, 1.165) is 13.0 Å². The minimum absolute atomic E-state index is 0.0481. The Balaban J connectivity index is 2.31. The normalized spacial score (nSPS) is 28.0. The fourth-order valence-corrected chi connectivity index (χ4v) is 1.43. The zero-order chi connectivity index (χ0) is 9.03. The smallest absolute Gasteiger partial charge is 0.295 e. The molecular formula is C9H14N2O. The highest BCUT2D eigenvalue weighted by Gasteiger charge is 2.27. The molecule has 0 bridgehead atoms. The lowest BCUT2D eigenvalue weighted by Gasteiger charge is -2.23. The number of hydrogen-bond donors (Lipinski definition) is 2. The molecule has 1 aliphatic heterocycles. The molecule has 1 heterocycles. The van der Waals surface area contributed by atoms with Crippen LogP contribution in [0.3, 0.4) is 0 Å². The van der Waals surface area contributed by atoms with E-state index in [0.29, 0.717) is 6.54 Å². The summed E-state index contributed by atoms with van der Waals surface area (Å²) >= 11 is 0. The third-order valence-electron chi connectivity index (χ3n) is 2.23. The number of hydrogen-bond acceptors (Lipinski definition) is 2. The molecule has 1 atom stereocenters. The minimum Gasteiger partial charge on any atom is -0.343 e. The lowest BCUT2D eigenvalue weighted by atomic mass is 10.0. The fraction of sp³-hybridized carbons (Fsp3) is 0.667. The first kappa shape index (κ1) is 9.08. The number of rotatable bonds is 2. The molecule has 1 saturated heterocycles. The summed E-state index contributed by atoms with van der Waals surface area (Å²) in [5, 5.41) is 6.01. The topological polar surface area (TPSA) is 41.1 Å². The van der Waals surface area contributed by atoms with Crippen LogP contribution in [0.5, 0.6) is 0 Å². The Labute approximate surface area is 72.9 Å². The van der Waals surface area contributed by atoms with Gasteiger partial charge in [0.2, 0.25) is 0 Å². The monoisotopic (exact) mass is 166 g/mol. The van der Waals surface area contributed by atoms with E-state index in [4.69, 9.17) is 6.42 Å². The molecule has 3 nitrogen and oxygen atoms in total. The van der Waals surface area contributed by atoms with Gasteiger partial charge in [0, 0.05) is 12.1 Å². The molecular weight excluding hydrogens is 152 g/mol. The molecule has 0 spiro atoms. The summed E-state index contributed by atoms with van der Waals surface area (Å²) in [6.07, 6.45) is 7.18. The first-order valence-electron chi connectivity index (χ1n) is 4.16. The summed E-state index contributed by atoms with van der Waals surface area (Å²) < 4.78 is 0. The molecule has 66 valence electrons. The van der Waals surface area contributed by atoms with Crippen molar-refractivity contribution in [3.8, 4) is 12.3 Å². The van der Waals surface area contributed by atoms with Crippen LogP contribution in [-0.4, -0.2) is 24.5 Å². The SMILES string of the molecule is C#CC(=O)NCC1(C)CCCN1. The summed E-state index contributed by atoms with van der Waals surface area (Å²) in [4.78, 5) is 10.7. The maximum Gasteiger partial charge on any atom is 0.295 e. The van der Waals surface area contributed by atoms with Crippen molar-refractivity contribution in [3.05, 3.63) is 0 Å². The van der Waals surface area contributed by atoms with Gasteiger partial charge in [-0.05, 0) is 32.2 Å². The fourth-order valence-electron chi connectivity index (χ4n) is 1.43. The van der Waals surface area contributed by atoms with Gasteiger partial charge in [-0.3, -0.25) is 4.79 Å². The Bertz CT molecular complexity index is 211. The summed E-state index contributed by atoms with van der Waals surface area (Å²) in [5.41, 5.74) is 0.0481. The molecule has 0 radical (unpaired) electrons. The van der Waals surface area contributed by atoms with Crippen molar-refractivity contribution < 1.29 is 4.79 Å². The van der Waals surface area contributed by atoms with Gasteiger partial charge in [0.25, 0.3) is 5.91 Å². The highest BCUT2D eigenvalue weighted by atomic mass is 16.1. The van der Waals surface area contributed by atoms with Crippen LogP contribution in [0.4, 0.5) is 0 Å². The molecule has 3 heteroatoms. The van der Waals surface area contributed by atoms with E-state index in [1.807, 2.05) is 5.92 Å². The average Bonchev–Trinajstić information content (AvgIpc) is 2.49. The highest BCUT2D eigenvalue weighted by Crippen LogP contribution is 2.16. The number of nitrogens with one attached hydrogen (secondary N) is 2. The quantitative estimate of drug-likeness (QED) is 0.561. The summed E-state index contributed by atoms with van der Waals surface area (Å²) in [7, 11) is 0. The Kier molecular flexibility index (Phi) is 2.72. The van der Waals surface area contributed by atoms with Crippen LogP contribution in [0.1, 0.15) is 19.8 Å². The van der Waals surface area contributed by atoms with Crippen LogP contribution in [0.15, 0.2) is 0 Å². The Morgan fingerprint density at radius 3 is 3.08 bits per heavy atom. The maximum atomic E-state index is 10.7. The van der Waals surface area contributed by atoms with E-state index in [-0.39, 0.29) is 11.4 Å². The van der Waals surface area contributed by atoms with Gasteiger partial charge in [0.1, 0.15) is 0 Å². The van der Waals surface area contributed by atoms with E-state index >= 15 is 0 Å². The van der Waals surface area contributed by atoms with Crippen molar-refractivity contribution in [1.82, 2.24) is 10.6 Å². The van der Waals surface area contributed by atoms with Crippen LogP contribution in [0.2, 0.25) is 0 Å². The van der Waals surface area contributed by atoms with Crippen LogP contribution in [0.25, 0.3) is 0 Å². The first-order valence-corrected chi connectivity index (χ1v) is 4.16. The largest absolute Gasteiger partial charge is 0.343 e. The zero-order valence-electron chi connectivity index (χ0n) is 7.31. The van der Waals surface area contributed by atoms with Crippen molar-refractivity contribution in [3.63, 3.8) is 0 Å². The first-order chi connectivity index (χ1) is 5.66. The predicted octanol–water partition coefficient (Wildman–Crippen LogP) is -0.122. The van der Waals surface area contributed by atoms with E-state index in [1.165, 1.54) is 6.42 Å². The highest BCUT2D eigenvalue weighted by molar-refractivity contribution is 5.92. The molecule has 1 unspecified atom stereocenters. The standard InChI is InChI=1S/C9H14N2O/c1-3-8(12)10-7-9(2)5-4-6-11-9/h1,11H,4-7H2,2H3,(H,10,12). The summed E-state index contributed by atoms with van der Waals surface area (Å²) in [6, 6.07) is 0. The molecule has 1 rings (SSSR count). The third kappa shape index (κ3) is 2.24. The molecule has 1 aliphatic rings. The molecule has 1 amide bonds. The molecule has 0 aromatic carbocycles. The van der Waals surface area contributed by atoms with Crippen molar-refractivity contribution in [2.75, 3.05) is 13.1 Å². The summed E-state index contributed by atoms with van der Waals surface area (Å²) in [6.45, 7) is 3.75. The molecule has 0 saturated carbocycles. The van der Waals surface area contributed by atoms with E-state index in [2.05, 4.69) is 17.6 Å². The molecule has 0 aromatic rings. The molecule has 2 N–H and O–H groups in total. The van der Waals surface area contributed by atoms with E-state index in [1.54, 1.807) is 0 Å². The van der Waals surface area contributed by atoms with Crippen molar-refractivity contribution in [2.24, 2.45) is 0 Å². The number of carbonyl (C=O) groups is 1. The second-order valence-electron chi connectivity index (χ2n) is 3.42. The number of amides is 1. The number of terminal acetylenes is 1. The molecule has 0 aromatic heterocycles. The predicted molar refractivity (Wildman–Crippen MR) is 47.5 cm³/mol. The van der Waals surface area contributed by atoms with Gasteiger partial charge in [-0.15, -0.1) is 6.42 Å². The van der Waals surface area contributed by atoms with Gasteiger partial charge in [-0.2, -0.15) is 0 Å². The maximum absolute atomic E-state index is 10.7. The van der Waals surface area contributed by atoms with Crippen molar-refractivity contribution in [1.29, 1.82) is 0 Å². The van der Waals surface area contributed by atoms with Crippen LogP contribution in [-0.2, 0) is 4.79 Å². The van der Waals surface area contributed by atoms with Gasteiger partial charge >= 0.3 is 0 Å². The lowest BCUT2D eigenvalue weighted by molar-refractivity contribution is -0.115. The lowest BCUT2D eigenvalue weighted by Crippen LogP contribution is -2.47. The van der Waals surface area contributed by atoms with Gasteiger partial charge in [-0.1, -0.05) is 0 Å². The molecule has 1 fully saturated rings.